The zero-order valence-corrected chi connectivity index (χ0v) is 14.0. The monoisotopic (exact) mass is 299 g/mol. The van der Waals surface area contributed by atoms with Crippen LogP contribution >= 0.6 is 11.3 Å². The highest BCUT2D eigenvalue weighted by Crippen LogP contribution is 2.39. The lowest BCUT2D eigenvalue weighted by Gasteiger charge is -2.13. The van der Waals surface area contributed by atoms with E-state index in [0.29, 0.717) is 6.04 Å². The zero-order valence-electron chi connectivity index (χ0n) is 13.2. The first-order valence-electron chi connectivity index (χ1n) is 7.24. The third-order valence-electron chi connectivity index (χ3n) is 4.00. The second-order valence-corrected chi connectivity index (χ2v) is 7.17. The Morgan fingerprint density at radius 2 is 1.90 bits per heavy atom. The van der Waals surface area contributed by atoms with Crippen molar-refractivity contribution in [3.05, 3.63) is 34.2 Å². The molecule has 2 heterocycles. The Morgan fingerprint density at radius 3 is 2.48 bits per heavy atom. The minimum absolute atomic E-state index is 0.340. The number of benzene rings is 1. The molecule has 0 unspecified atom stereocenters. The minimum atomic E-state index is 0.340. The number of hydrogen-bond donors (Lipinski definition) is 1. The van der Waals surface area contributed by atoms with Crippen LogP contribution in [0.3, 0.4) is 0 Å². The largest absolute Gasteiger partial charge is 0.390 e. The van der Waals surface area contributed by atoms with Crippen LogP contribution in [-0.2, 0) is 0 Å². The summed E-state index contributed by atoms with van der Waals surface area (Å²) >= 11 is 1.65. The van der Waals surface area contributed by atoms with E-state index in [2.05, 4.69) is 57.4 Å². The summed E-state index contributed by atoms with van der Waals surface area (Å²) in [5.41, 5.74) is 12.0. The standard InChI is InChI=1S/C17H21N3S/c1-9(2)20-14-7-6-10(3)8-13(14)19-17(20)15-11(4)12(5)21-16(15)18/h6-9H,18H2,1-5H3. The van der Waals surface area contributed by atoms with E-state index < -0.39 is 0 Å². The molecule has 0 atom stereocenters. The molecule has 4 heteroatoms. The molecule has 0 aliphatic rings. The summed E-state index contributed by atoms with van der Waals surface area (Å²) in [7, 11) is 0. The molecule has 0 bridgehead atoms. The van der Waals surface area contributed by atoms with E-state index in [1.54, 1.807) is 11.3 Å². The number of nitrogens with two attached hydrogens (primary N) is 1. The Balaban J connectivity index is 2.39. The highest BCUT2D eigenvalue weighted by atomic mass is 32.1. The molecule has 2 aromatic heterocycles. The van der Waals surface area contributed by atoms with Crippen LogP contribution in [0.5, 0.6) is 0 Å². The Bertz CT molecular complexity index is 824. The number of thiophene rings is 1. The van der Waals surface area contributed by atoms with Crippen molar-refractivity contribution in [1.29, 1.82) is 0 Å². The predicted octanol–water partition coefficient (Wildman–Crippen LogP) is 4.85. The van der Waals surface area contributed by atoms with E-state index in [0.717, 1.165) is 21.9 Å². The van der Waals surface area contributed by atoms with Crippen molar-refractivity contribution in [2.24, 2.45) is 0 Å². The highest BCUT2D eigenvalue weighted by Gasteiger charge is 2.21. The normalized spacial score (nSPS) is 11.7. The average molecular weight is 299 g/mol. The third-order valence-corrected chi connectivity index (χ3v) is 5.03. The van der Waals surface area contributed by atoms with Crippen molar-refractivity contribution in [2.75, 3.05) is 5.73 Å². The summed E-state index contributed by atoms with van der Waals surface area (Å²) < 4.78 is 2.29. The van der Waals surface area contributed by atoms with Crippen LogP contribution in [0, 0.1) is 20.8 Å². The van der Waals surface area contributed by atoms with Crippen molar-refractivity contribution in [1.82, 2.24) is 9.55 Å². The molecule has 3 nitrogen and oxygen atoms in total. The van der Waals surface area contributed by atoms with Gasteiger partial charge in [0.25, 0.3) is 0 Å². The van der Waals surface area contributed by atoms with Gasteiger partial charge >= 0.3 is 0 Å². The van der Waals surface area contributed by atoms with Gasteiger partial charge in [-0.25, -0.2) is 4.98 Å². The maximum absolute atomic E-state index is 6.26. The van der Waals surface area contributed by atoms with E-state index >= 15 is 0 Å². The summed E-state index contributed by atoms with van der Waals surface area (Å²) in [5, 5.41) is 0.860. The first-order chi connectivity index (χ1) is 9.90. The number of aryl methyl sites for hydroxylation is 2. The number of aromatic nitrogens is 2. The third kappa shape index (κ3) is 2.14. The summed E-state index contributed by atoms with van der Waals surface area (Å²) in [5.74, 6) is 0.991. The topological polar surface area (TPSA) is 43.8 Å². The molecule has 0 spiro atoms. The van der Waals surface area contributed by atoms with Gasteiger partial charge in [-0.1, -0.05) is 6.07 Å². The van der Waals surface area contributed by atoms with Gasteiger partial charge in [0.1, 0.15) is 5.82 Å². The Morgan fingerprint density at radius 1 is 1.19 bits per heavy atom. The van der Waals surface area contributed by atoms with Crippen LogP contribution < -0.4 is 5.73 Å². The number of imidazole rings is 1. The van der Waals surface area contributed by atoms with E-state index in [-0.39, 0.29) is 0 Å². The molecule has 110 valence electrons. The Labute approximate surface area is 129 Å². The fourth-order valence-corrected chi connectivity index (χ4v) is 3.77. The van der Waals surface area contributed by atoms with Gasteiger partial charge in [-0.3, -0.25) is 0 Å². The molecule has 0 aliphatic carbocycles. The van der Waals surface area contributed by atoms with Crippen molar-refractivity contribution >= 4 is 27.4 Å². The number of anilines is 1. The fourth-order valence-electron chi connectivity index (χ4n) is 2.84. The van der Waals surface area contributed by atoms with Crippen molar-refractivity contribution in [2.45, 2.75) is 40.7 Å². The molecule has 1 aromatic carbocycles. The quantitative estimate of drug-likeness (QED) is 0.735. The number of hydrogen-bond acceptors (Lipinski definition) is 3. The fraction of sp³-hybridized carbons (Fsp3) is 0.353. The SMILES string of the molecule is Cc1ccc2c(c1)nc(-c1c(N)sc(C)c1C)n2C(C)C. The van der Waals surface area contributed by atoms with Gasteiger partial charge in [0.05, 0.1) is 21.6 Å². The molecule has 0 amide bonds. The van der Waals surface area contributed by atoms with Crippen molar-refractivity contribution < 1.29 is 0 Å². The lowest BCUT2D eigenvalue weighted by molar-refractivity contribution is 0.624. The van der Waals surface area contributed by atoms with Gasteiger partial charge in [-0.05, 0) is 57.9 Å². The van der Waals surface area contributed by atoms with E-state index in [1.807, 2.05) is 0 Å². The molecule has 0 fully saturated rings. The molecule has 21 heavy (non-hydrogen) atoms. The Kier molecular flexibility index (Phi) is 3.29. The van der Waals surface area contributed by atoms with Gasteiger partial charge in [0.15, 0.2) is 0 Å². The molecule has 2 N–H and O–H groups in total. The second kappa shape index (κ2) is 4.88. The number of nitrogens with zero attached hydrogens (tertiary/aromatic N) is 2. The van der Waals surface area contributed by atoms with Gasteiger partial charge in [-0.2, -0.15) is 0 Å². The van der Waals surface area contributed by atoms with Gasteiger partial charge in [0.2, 0.25) is 0 Å². The lowest BCUT2D eigenvalue weighted by atomic mass is 10.1. The first kappa shape index (κ1) is 14.1. The van der Waals surface area contributed by atoms with Crippen molar-refractivity contribution in [3.8, 4) is 11.4 Å². The van der Waals surface area contributed by atoms with E-state index in [9.17, 15) is 0 Å². The van der Waals surface area contributed by atoms with Crippen LogP contribution in [0.4, 0.5) is 5.00 Å². The minimum Gasteiger partial charge on any atom is -0.390 e. The van der Waals surface area contributed by atoms with Gasteiger partial charge in [-0.15, -0.1) is 11.3 Å². The summed E-state index contributed by atoms with van der Waals surface area (Å²) in [6, 6.07) is 6.78. The van der Waals surface area contributed by atoms with E-state index in [1.165, 1.54) is 21.5 Å². The molecular formula is C17H21N3S. The molecule has 3 rings (SSSR count). The highest BCUT2D eigenvalue weighted by molar-refractivity contribution is 7.16. The number of fused-ring (bicyclic) bond motifs is 1. The van der Waals surface area contributed by atoms with Crippen LogP contribution in [0.25, 0.3) is 22.4 Å². The second-order valence-electron chi connectivity index (χ2n) is 5.91. The molecular weight excluding hydrogens is 278 g/mol. The number of rotatable bonds is 2. The lowest BCUT2D eigenvalue weighted by Crippen LogP contribution is -2.04. The smallest absolute Gasteiger partial charge is 0.144 e. The maximum atomic E-state index is 6.26. The van der Waals surface area contributed by atoms with Gasteiger partial charge < -0.3 is 10.3 Å². The summed E-state index contributed by atoms with van der Waals surface area (Å²) in [4.78, 5) is 6.15. The molecule has 0 aliphatic heterocycles. The molecule has 0 saturated heterocycles. The van der Waals surface area contributed by atoms with Crippen LogP contribution in [0.2, 0.25) is 0 Å². The average Bonchev–Trinajstić information content (AvgIpc) is 2.87. The molecule has 0 radical (unpaired) electrons. The van der Waals surface area contributed by atoms with Crippen molar-refractivity contribution in [3.63, 3.8) is 0 Å². The molecule has 0 saturated carbocycles. The Hall–Kier alpha value is -1.81. The first-order valence-corrected chi connectivity index (χ1v) is 8.06. The van der Waals surface area contributed by atoms with Crippen LogP contribution in [0.1, 0.15) is 35.9 Å². The van der Waals surface area contributed by atoms with Gasteiger partial charge in [0, 0.05) is 10.9 Å². The number of nitrogen functional groups attached to an aromatic ring is 1. The van der Waals surface area contributed by atoms with Crippen LogP contribution in [0.15, 0.2) is 18.2 Å². The predicted molar refractivity (Wildman–Crippen MR) is 92.1 cm³/mol. The summed E-state index contributed by atoms with van der Waals surface area (Å²) in [6.07, 6.45) is 0. The van der Waals surface area contributed by atoms with Crippen LogP contribution in [-0.4, -0.2) is 9.55 Å². The molecule has 3 aromatic rings. The maximum Gasteiger partial charge on any atom is 0.144 e. The van der Waals surface area contributed by atoms with E-state index in [4.69, 9.17) is 10.7 Å². The zero-order chi connectivity index (χ0) is 15.3. The summed E-state index contributed by atoms with van der Waals surface area (Å²) in [6.45, 7) is 10.7.